The van der Waals surface area contributed by atoms with Crippen molar-refractivity contribution in [3.05, 3.63) is 40.8 Å². The molecule has 1 unspecified atom stereocenters. The molecule has 1 aromatic heterocycles. The number of aromatic nitrogens is 1. The van der Waals surface area contributed by atoms with Crippen molar-refractivity contribution in [2.45, 2.75) is 32.9 Å². The van der Waals surface area contributed by atoms with Crippen molar-refractivity contribution in [3.8, 4) is 5.75 Å². The first-order valence-electron chi connectivity index (χ1n) is 6.07. The van der Waals surface area contributed by atoms with Crippen LogP contribution in [0.25, 0.3) is 0 Å². The summed E-state index contributed by atoms with van der Waals surface area (Å²) in [5.41, 5.74) is 2.87. The minimum absolute atomic E-state index is 0.173. The third-order valence-electron chi connectivity index (χ3n) is 2.50. The van der Waals surface area contributed by atoms with Gasteiger partial charge in [0.2, 0.25) is 0 Å². The van der Waals surface area contributed by atoms with E-state index < -0.39 is 0 Å². The number of rotatable bonds is 5. The number of hydrogen-bond acceptors (Lipinski definition) is 4. The summed E-state index contributed by atoms with van der Waals surface area (Å²) in [6.07, 6.45) is 2.07. The van der Waals surface area contributed by atoms with Crippen LogP contribution in [-0.4, -0.2) is 11.1 Å². The monoisotopic (exact) mass is 262 g/mol. The van der Waals surface area contributed by atoms with Gasteiger partial charge >= 0.3 is 0 Å². The number of hydrogen-bond donors (Lipinski definition) is 1. The van der Waals surface area contributed by atoms with Crippen LogP contribution in [0, 0.1) is 0 Å². The van der Waals surface area contributed by atoms with Crippen LogP contribution in [0.1, 0.15) is 31.7 Å². The van der Waals surface area contributed by atoms with Crippen molar-refractivity contribution in [1.82, 2.24) is 4.98 Å². The second-order valence-corrected chi connectivity index (χ2v) is 5.35. The molecule has 0 aliphatic rings. The summed E-state index contributed by atoms with van der Waals surface area (Å²) in [6.45, 7) is 6.19. The molecule has 3 nitrogen and oxygen atoms in total. The lowest BCUT2D eigenvalue weighted by atomic mass is 10.2. The molecule has 0 saturated heterocycles. The van der Waals surface area contributed by atoms with E-state index in [2.05, 4.69) is 17.2 Å². The highest BCUT2D eigenvalue weighted by molar-refractivity contribution is 7.09. The number of ether oxygens (including phenoxy) is 1. The van der Waals surface area contributed by atoms with Gasteiger partial charge in [0.25, 0.3) is 0 Å². The normalized spacial score (nSPS) is 12.4. The Morgan fingerprint density at radius 3 is 2.67 bits per heavy atom. The third-order valence-corrected chi connectivity index (χ3v) is 3.46. The van der Waals surface area contributed by atoms with Gasteiger partial charge in [0.1, 0.15) is 5.75 Å². The number of para-hydroxylation sites is 2. The van der Waals surface area contributed by atoms with Gasteiger partial charge in [-0.05, 0) is 32.9 Å². The summed E-state index contributed by atoms with van der Waals surface area (Å²) in [5.74, 6) is 0.892. The molecule has 0 saturated carbocycles. The van der Waals surface area contributed by atoms with Crippen LogP contribution in [0.15, 0.2) is 36.0 Å². The van der Waals surface area contributed by atoms with E-state index in [9.17, 15) is 0 Å². The van der Waals surface area contributed by atoms with E-state index in [4.69, 9.17) is 4.74 Å². The fraction of sp³-hybridized carbons (Fsp3) is 0.357. The summed E-state index contributed by atoms with van der Waals surface area (Å²) < 4.78 is 5.79. The van der Waals surface area contributed by atoms with Crippen LogP contribution in [0.2, 0.25) is 0 Å². The molecule has 1 N–H and O–H groups in total. The Hall–Kier alpha value is -1.55. The standard InChI is InChI=1S/C14H18N2OS/c1-10(2)17-13-7-5-4-6-12(13)16-11(3)14-8-15-9-18-14/h4-11,16H,1-3H3. The fourth-order valence-corrected chi connectivity index (χ4v) is 2.31. The molecule has 18 heavy (non-hydrogen) atoms. The van der Waals surface area contributed by atoms with E-state index in [0.29, 0.717) is 0 Å². The SMILES string of the molecule is CC(C)Oc1ccccc1NC(C)c1cncs1. The largest absolute Gasteiger partial charge is 0.489 e. The summed E-state index contributed by atoms with van der Waals surface area (Å²) >= 11 is 1.66. The van der Waals surface area contributed by atoms with Crippen molar-refractivity contribution < 1.29 is 4.74 Å². The van der Waals surface area contributed by atoms with E-state index in [1.165, 1.54) is 4.88 Å². The van der Waals surface area contributed by atoms with Gasteiger partial charge in [0, 0.05) is 11.1 Å². The quantitative estimate of drug-likeness (QED) is 0.880. The smallest absolute Gasteiger partial charge is 0.142 e. The molecule has 0 amide bonds. The molecule has 2 rings (SSSR count). The van der Waals surface area contributed by atoms with Gasteiger partial charge in [0.15, 0.2) is 0 Å². The zero-order valence-corrected chi connectivity index (χ0v) is 11.7. The Labute approximate surface area is 112 Å². The molecular weight excluding hydrogens is 244 g/mol. The van der Waals surface area contributed by atoms with Gasteiger partial charge in [-0.3, -0.25) is 4.98 Å². The van der Waals surface area contributed by atoms with E-state index in [1.54, 1.807) is 11.3 Å². The topological polar surface area (TPSA) is 34.1 Å². The highest BCUT2D eigenvalue weighted by Crippen LogP contribution is 2.29. The highest BCUT2D eigenvalue weighted by Gasteiger charge is 2.10. The second kappa shape index (κ2) is 5.87. The summed E-state index contributed by atoms with van der Waals surface area (Å²) in [5, 5.41) is 3.46. The molecule has 0 aliphatic heterocycles. The number of thiazole rings is 1. The van der Waals surface area contributed by atoms with Crippen molar-refractivity contribution in [2.24, 2.45) is 0 Å². The Morgan fingerprint density at radius 1 is 1.22 bits per heavy atom. The maximum Gasteiger partial charge on any atom is 0.142 e. The van der Waals surface area contributed by atoms with Gasteiger partial charge in [-0.2, -0.15) is 0 Å². The third kappa shape index (κ3) is 3.23. The molecule has 0 radical (unpaired) electrons. The van der Waals surface area contributed by atoms with Crippen molar-refractivity contribution in [1.29, 1.82) is 0 Å². The van der Waals surface area contributed by atoms with Crippen LogP contribution < -0.4 is 10.1 Å². The molecular formula is C14H18N2OS. The zero-order valence-electron chi connectivity index (χ0n) is 10.9. The average Bonchev–Trinajstić information content (AvgIpc) is 2.84. The van der Waals surface area contributed by atoms with E-state index in [1.807, 2.05) is 49.8 Å². The van der Waals surface area contributed by atoms with Crippen molar-refractivity contribution in [2.75, 3.05) is 5.32 Å². The molecule has 0 fully saturated rings. The fourth-order valence-electron chi connectivity index (χ4n) is 1.69. The van der Waals surface area contributed by atoms with E-state index in [0.717, 1.165) is 11.4 Å². The summed E-state index contributed by atoms with van der Waals surface area (Å²) in [4.78, 5) is 5.32. The summed E-state index contributed by atoms with van der Waals surface area (Å²) in [6, 6.07) is 8.25. The molecule has 0 spiro atoms. The summed E-state index contributed by atoms with van der Waals surface area (Å²) in [7, 11) is 0. The van der Waals surface area contributed by atoms with Crippen LogP contribution in [0.5, 0.6) is 5.75 Å². The first kappa shape index (κ1) is 12.9. The Bertz CT molecular complexity index is 482. The van der Waals surface area contributed by atoms with E-state index in [-0.39, 0.29) is 12.1 Å². The minimum atomic E-state index is 0.173. The highest BCUT2D eigenvalue weighted by atomic mass is 32.1. The molecule has 1 atom stereocenters. The van der Waals surface area contributed by atoms with Gasteiger partial charge in [-0.25, -0.2) is 0 Å². The molecule has 4 heteroatoms. The Balaban J connectivity index is 2.13. The predicted octanol–water partition coefficient (Wildman–Crippen LogP) is 4.10. The minimum Gasteiger partial charge on any atom is -0.489 e. The molecule has 2 aromatic rings. The van der Waals surface area contributed by atoms with Gasteiger partial charge in [-0.15, -0.1) is 11.3 Å². The van der Waals surface area contributed by atoms with Crippen LogP contribution >= 0.6 is 11.3 Å². The second-order valence-electron chi connectivity index (χ2n) is 4.43. The number of nitrogens with zero attached hydrogens (tertiary/aromatic N) is 1. The van der Waals surface area contributed by atoms with E-state index >= 15 is 0 Å². The number of anilines is 1. The number of nitrogens with one attached hydrogen (secondary N) is 1. The Morgan fingerprint density at radius 2 is 2.00 bits per heavy atom. The maximum atomic E-state index is 5.79. The van der Waals surface area contributed by atoms with Gasteiger partial charge in [-0.1, -0.05) is 12.1 Å². The van der Waals surface area contributed by atoms with Crippen LogP contribution in [0.4, 0.5) is 5.69 Å². The molecule has 0 bridgehead atoms. The first-order valence-corrected chi connectivity index (χ1v) is 6.95. The molecule has 0 aliphatic carbocycles. The Kier molecular flexibility index (Phi) is 4.20. The molecule has 1 heterocycles. The lowest BCUT2D eigenvalue weighted by Gasteiger charge is -2.18. The predicted molar refractivity (Wildman–Crippen MR) is 76.4 cm³/mol. The van der Waals surface area contributed by atoms with Crippen LogP contribution in [-0.2, 0) is 0 Å². The van der Waals surface area contributed by atoms with Crippen molar-refractivity contribution >= 4 is 17.0 Å². The van der Waals surface area contributed by atoms with Gasteiger partial charge in [0.05, 0.1) is 23.3 Å². The molecule has 1 aromatic carbocycles. The zero-order chi connectivity index (χ0) is 13.0. The lowest BCUT2D eigenvalue weighted by Crippen LogP contribution is -2.10. The number of benzene rings is 1. The molecule has 96 valence electrons. The van der Waals surface area contributed by atoms with Crippen molar-refractivity contribution in [3.63, 3.8) is 0 Å². The van der Waals surface area contributed by atoms with Gasteiger partial charge < -0.3 is 10.1 Å². The van der Waals surface area contributed by atoms with Crippen LogP contribution in [0.3, 0.4) is 0 Å². The lowest BCUT2D eigenvalue weighted by molar-refractivity contribution is 0.243. The average molecular weight is 262 g/mol. The maximum absolute atomic E-state index is 5.79. The first-order chi connectivity index (χ1) is 8.66.